The minimum atomic E-state index is -2.78. The van der Waals surface area contributed by atoms with Crippen LogP contribution in [0, 0.1) is 13.8 Å². The molecule has 11 heteroatoms. The molecule has 0 saturated heterocycles. The molecule has 0 radical (unpaired) electrons. The number of hydrogen-bond donors (Lipinski definition) is 0. The Morgan fingerprint density at radius 1 is 1.23 bits per heavy atom. The zero-order valence-electron chi connectivity index (χ0n) is 13.9. The molecule has 0 aliphatic heterocycles. The molecule has 4 aromatic heterocycles. The summed E-state index contributed by atoms with van der Waals surface area (Å²) in [6.45, 7) is 3.85. The lowest BCUT2D eigenvalue weighted by Gasteiger charge is -2.07. The number of aromatic nitrogens is 6. The summed E-state index contributed by atoms with van der Waals surface area (Å²) >= 11 is 2.58. The van der Waals surface area contributed by atoms with Crippen LogP contribution in [0.15, 0.2) is 27.1 Å². The molecule has 0 aromatic carbocycles. The van der Waals surface area contributed by atoms with Crippen molar-refractivity contribution in [3.8, 4) is 0 Å². The predicted octanol–water partition coefficient (Wildman–Crippen LogP) is 3.14. The largest absolute Gasteiger partial charge is 0.299 e. The van der Waals surface area contributed by atoms with Gasteiger partial charge in [0.15, 0.2) is 10.8 Å². The van der Waals surface area contributed by atoms with E-state index in [1.165, 1.54) is 15.9 Å². The maximum absolute atomic E-state index is 13.0. The molecule has 0 aliphatic rings. The van der Waals surface area contributed by atoms with Crippen LogP contribution in [0.2, 0.25) is 0 Å². The molecule has 134 valence electrons. The summed E-state index contributed by atoms with van der Waals surface area (Å²) in [4.78, 5) is 18.9. The van der Waals surface area contributed by atoms with Crippen molar-refractivity contribution in [1.29, 1.82) is 0 Å². The molecule has 4 heterocycles. The van der Waals surface area contributed by atoms with Gasteiger partial charge in [0.2, 0.25) is 5.82 Å². The van der Waals surface area contributed by atoms with E-state index in [2.05, 4.69) is 20.3 Å². The number of aryl methyl sites for hydroxylation is 2. The molecule has 4 rings (SSSR count). The number of halogens is 2. The van der Waals surface area contributed by atoms with Crippen molar-refractivity contribution in [2.24, 2.45) is 7.05 Å². The van der Waals surface area contributed by atoms with E-state index >= 15 is 0 Å². The Balaban J connectivity index is 1.82. The summed E-state index contributed by atoms with van der Waals surface area (Å²) in [5.41, 5.74) is 1.02. The number of alkyl halides is 2. The highest BCUT2D eigenvalue weighted by atomic mass is 32.2. The van der Waals surface area contributed by atoms with Crippen molar-refractivity contribution in [1.82, 2.24) is 29.4 Å². The second-order valence-electron chi connectivity index (χ2n) is 5.62. The third-order valence-corrected chi connectivity index (χ3v) is 6.10. The molecular weight excluding hydrogens is 382 g/mol. The normalized spacial score (nSPS) is 11.9. The van der Waals surface area contributed by atoms with Gasteiger partial charge in [-0.3, -0.25) is 9.36 Å². The number of fused-ring (bicyclic) bond motifs is 2. The summed E-state index contributed by atoms with van der Waals surface area (Å²) in [7, 11) is 1.63. The van der Waals surface area contributed by atoms with Crippen LogP contribution < -0.4 is 5.56 Å². The van der Waals surface area contributed by atoms with Gasteiger partial charge in [-0.05, 0) is 43.3 Å². The van der Waals surface area contributed by atoms with Crippen molar-refractivity contribution in [2.45, 2.75) is 30.5 Å². The molecule has 0 unspecified atom stereocenters. The van der Waals surface area contributed by atoms with Gasteiger partial charge in [0, 0.05) is 11.9 Å². The average molecular weight is 394 g/mol. The third kappa shape index (κ3) is 2.58. The maximum atomic E-state index is 13.0. The first-order valence-corrected chi connectivity index (χ1v) is 9.15. The zero-order chi connectivity index (χ0) is 18.6. The second kappa shape index (κ2) is 6.09. The van der Waals surface area contributed by atoms with Gasteiger partial charge in [-0.15, -0.1) is 21.5 Å². The van der Waals surface area contributed by atoms with Crippen LogP contribution in [0.25, 0.3) is 15.9 Å². The summed E-state index contributed by atoms with van der Waals surface area (Å²) in [5.74, 6) is -0.524. The van der Waals surface area contributed by atoms with Gasteiger partial charge >= 0.3 is 0 Å². The van der Waals surface area contributed by atoms with E-state index in [4.69, 9.17) is 0 Å². The number of thiophene rings is 1. The third-order valence-electron chi connectivity index (χ3n) is 4.02. The van der Waals surface area contributed by atoms with Crippen LogP contribution in [0.5, 0.6) is 0 Å². The van der Waals surface area contributed by atoms with Crippen LogP contribution in [-0.4, -0.2) is 29.4 Å². The minimum Gasteiger partial charge on any atom is -0.290 e. The Morgan fingerprint density at radius 2 is 2.00 bits per heavy atom. The smallest absolute Gasteiger partial charge is 0.290 e. The first kappa shape index (κ1) is 17.0. The summed E-state index contributed by atoms with van der Waals surface area (Å²) in [6, 6.07) is 3.18. The fourth-order valence-electron chi connectivity index (χ4n) is 2.52. The van der Waals surface area contributed by atoms with Crippen molar-refractivity contribution in [3.05, 3.63) is 38.8 Å². The zero-order valence-corrected chi connectivity index (χ0v) is 15.5. The van der Waals surface area contributed by atoms with E-state index in [1.54, 1.807) is 19.2 Å². The van der Waals surface area contributed by atoms with E-state index in [0.29, 0.717) is 20.4 Å². The molecule has 0 bridgehead atoms. The molecule has 0 amide bonds. The highest BCUT2D eigenvalue weighted by molar-refractivity contribution is 7.99. The highest BCUT2D eigenvalue weighted by Crippen LogP contribution is 2.30. The van der Waals surface area contributed by atoms with Gasteiger partial charge in [0.25, 0.3) is 12.0 Å². The van der Waals surface area contributed by atoms with E-state index in [-0.39, 0.29) is 11.2 Å². The molecule has 0 atom stereocenters. The summed E-state index contributed by atoms with van der Waals surface area (Å²) < 4.78 is 28.4. The van der Waals surface area contributed by atoms with Gasteiger partial charge in [0.1, 0.15) is 9.86 Å². The monoisotopic (exact) mass is 394 g/mol. The molecular formula is C15H12F2N6OS2. The molecule has 4 aromatic rings. The van der Waals surface area contributed by atoms with Crippen LogP contribution in [-0.2, 0) is 7.05 Å². The van der Waals surface area contributed by atoms with Crippen LogP contribution in [0.3, 0.4) is 0 Å². The Labute approximate surface area is 153 Å². The quantitative estimate of drug-likeness (QED) is 0.497. The van der Waals surface area contributed by atoms with E-state index in [1.807, 2.05) is 13.8 Å². The predicted molar refractivity (Wildman–Crippen MR) is 94.2 cm³/mol. The first-order chi connectivity index (χ1) is 12.4. The van der Waals surface area contributed by atoms with Crippen molar-refractivity contribution < 1.29 is 8.78 Å². The van der Waals surface area contributed by atoms with Crippen molar-refractivity contribution >= 4 is 39.0 Å². The number of hydrogen-bond acceptors (Lipinski definition) is 7. The fraction of sp³-hybridized carbons (Fsp3) is 0.267. The van der Waals surface area contributed by atoms with E-state index in [9.17, 15) is 13.6 Å². The number of rotatable bonds is 3. The summed E-state index contributed by atoms with van der Waals surface area (Å²) in [6.07, 6.45) is -2.78. The van der Waals surface area contributed by atoms with Crippen LogP contribution in [0.1, 0.15) is 22.7 Å². The Morgan fingerprint density at radius 3 is 2.73 bits per heavy atom. The second-order valence-corrected chi connectivity index (χ2v) is 7.82. The lowest BCUT2D eigenvalue weighted by Crippen LogP contribution is -2.19. The molecule has 7 nitrogen and oxygen atoms in total. The minimum absolute atomic E-state index is 0.141. The molecule has 0 N–H and O–H groups in total. The Kier molecular flexibility index (Phi) is 3.99. The van der Waals surface area contributed by atoms with E-state index < -0.39 is 12.2 Å². The molecule has 0 fully saturated rings. The lowest BCUT2D eigenvalue weighted by molar-refractivity contribution is 0.137. The van der Waals surface area contributed by atoms with Gasteiger partial charge in [-0.25, -0.2) is 13.8 Å². The highest BCUT2D eigenvalue weighted by Gasteiger charge is 2.19. The topological polar surface area (TPSA) is 78.0 Å². The average Bonchev–Trinajstić information content (AvgIpc) is 3.13. The Hall–Kier alpha value is -2.40. The first-order valence-electron chi connectivity index (χ1n) is 7.52. The van der Waals surface area contributed by atoms with Gasteiger partial charge < -0.3 is 0 Å². The SMILES string of the molecule is Cc1sc2nc(Sc3ccc4nnc(C(F)F)n4n3)n(C)c(=O)c2c1C. The standard InChI is InChI=1S/C15H12F2N6OS2/c1-6-7(2)25-13-10(6)14(24)22(3)15(18-13)26-9-5-4-8-19-20-12(11(16)17)23(8)21-9/h4-5,11H,1-3H3. The van der Waals surface area contributed by atoms with Gasteiger partial charge in [-0.1, -0.05) is 0 Å². The van der Waals surface area contributed by atoms with Gasteiger partial charge in [0.05, 0.1) is 5.39 Å². The Bertz CT molecular complexity index is 1210. The molecule has 26 heavy (non-hydrogen) atoms. The summed E-state index contributed by atoms with van der Waals surface area (Å²) in [5, 5.41) is 12.7. The van der Waals surface area contributed by atoms with E-state index in [0.717, 1.165) is 26.7 Å². The van der Waals surface area contributed by atoms with Crippen LogP contribution >= 0.6 is 23.1 Å². The molecule has 0 spiro atoms. The number of nitrogens with zero attached hydrogens (tertiary/aromatic N) is 6. The molecule has 0 saturated carbocycles. The van der Waals surface area contributed by atoms with Crippen molar-refractivity contribution in [2.75, 3.05) is 0 Å². The fourth-order valence-corrected chi connectivity index (χ4v) is 4.40. The van der Waals surface area contributed by atoms with Crippen molar-refractivity contribution in [3.63, 3.8) is 0 Å². The lowest BCUT2D eigenvalue weighted by atomic mass is 10.2. The maximum Gasteiger partial charge on any atom is 0.299 e. The van der Waals surface area contributed by atoms with Gasteiger partial charge in [-0.2, -0.15) is 9.61 Å². The van der Waals surface area contributed by atoms with Crippen LogP contribution in [0.4, 0.5) is 8.78 Å². The molecule has 0 aliphatic carbocycles.